The number of benzene rings is 1. The van der Waals surface area contributed by atoms with Crippen LogP contribution >= 0.6 is 11.9 Å². The molecule has 2 fully saturated rings. The van der Waals surface area contributed by atoms with E-state index in [1.807, 2.05) is 19.1 Å². The summed E-state index contributed by atoms with van der Waals surface area (Å²) in [6, 6.07) is 3.37. The summed E-state index contributed by atoms with van der Waals surface area (Å²) in [4.78, 5) is 36.4. The second-order valence-corrected chi connectivity index (χ2v) is 9.45. The summed E-state index contributed by atoms with van der Waals surface area (Å²) in [6.07, 6.45) is 9.85. The molecule has 1 N–H and O–H groups in total. The Bertz CT molecular complexity index is 1140. The molecule has 0 aromatic heterocycles. The zero-order chi connectivity index (χ0) is 20.6. The minimum Gasteiger partial charge on any atom is -0.353 e. The largest absolute Gasteiger partial charge is 0.353 e. The molecule has 152 valence electrons. The van der Waals surface area contributed by atoms with Crippen molar-refractivity contribution in [2.45, 2.75) is 43.1 Å². The molecule has 1 aromatic carbocycles. The van der Waals surface area contributed by atoms with Crippen LogP contribution in [0.1, 0.15) is 42.1 Å². The summed E-state index contributed by atoms with van der Waals surface area (Å²) >= 11 is 1.29. The van der Waals surface area contributed by atoms with Crippen LogP contribution in [0.25, 0.3) is 5.57 Å². The van der Waals surface area contributed by atoms with Gasteiger partial charge in [0, 0.05) is 35.3 Å². The number of amides is 1. The van der Waals surface area contributed by atoms with E-state index in [-0.39, 0.29) is 23.1 Å². The quantitative estimate of drug-likeness (QED) is 0.586. The molecule has 30 heavy (non-hydrogen) atoms. The van der Waals surface area contributed by atoms with Crippen molar-refractivity contribution < 1.29 is 14.0 Å². The first-order chi connectivity index (χ1) is 14.5. The predicted molar refractivity (Wildman–Crippen MR) is 115 cm³/mol. The monoisotopic (exact) mass is 422 g/mol. The van der Waals surface area contributed by atoms with Gasteiger partial charge in [0.1, 0.15) is 22.6 Å². The number of halogens is 1. The fraction of sp³-hybridized carbons (Fsp3) is 0.364. The third-order valence-electron chi connectivity index (χ3n) is 6.49. The van der Waals surface area contributed by atoms with Crippen LogP contribution in [0.5, 0.6) is 0 Å². The SMILES string of the molecule is CC12CC=C(c3cc4c(cc3F)C(=O)C3C(=O)NSC3N4C3CC3)C=C1N=CC=N2. The van der Waals surface area contributed by atoms with Crippen molar-refractivity contribution in [2.75, 3.05) is 4.90 Å². The number of fused-ring (bicyclic) bond motifs is 3. The van der Waals surface area contributed by atoms with Crippen molar-refractivity contribution in [2.24, 2.45) is 15.9 Å². The minimum atomic E-state index is -0.778. The van der Waals surface area contributed by atoms with Crippen LogP contribution in [0.2, 0.25) is 0 Å². The third kappa shape index (κ3) is 2.49. The maximum Gasteiger partial charge on any atom is 0.243 e. The van der Waals surface area contributed by atoms with E-state index in [2.05, 4.69) is 19.6 Å². The fourth-order valence-corrected chi connectivity index (χ4v) is 5.82. The van der Waals surface area contributed by atoms with Gasteiger partial charge in [-0.15, -0.1) is 0 Å². The lowest BCUT2D eigenvalue weighted by Gasteiger charge is -2.38. The molecule has 1 saturated heterocycles. The Morgan fingerprint density at radius 2 is 2.07 bits per heavy atom. The number of aliphatic imine (C=N–C) groups is 2. The van der Waals surface area contributed by atoms with Gasteiger partial charge in [-0.3, -0.25) is 24.3 Å². The maximum absolute atomic E-state index is 15.2. The van der Waals surface area contributed by atoms with Crippen LogP contribution in [-0.4, -0.2) is 41.1 Å². The molecule has 5 aliphatic rings. The van der Waals surface area contributed by atoms with Crippen molar-refractivity contribution in [3.8, 4) is 0 Å². The molecular weight excluding hydrogens is 403 g/mol. The normalized spacial score (nSPS) is 31.6. The van der Waals surface area contributed by atoms with E-state index in [1.54, 1.807) is 18.5 Å². The molecule has 0 radical (unpaired) electrons. The van der Waals surface area contributed by atoms with E-state index >= 15 is 4.39 Å². The minimum absolute atomic E-state index is 0.275. The highest BCUT2D eigenvalue weighted by Gasteiger charge is 2.53. The molecule has 3 unspecified atom stereocenters. The highest BCUT2D eigenvalue weighted by atomic mass is 32.2. The van der Waals surface area contributed by atoms with Crippen LogP contribution < -0.4 is 9.62 Å². The molecule has 3 aliphatic heterocycles. The number of nitrogens with zero attached hydrogens (tertiary/aromatic N) is 3. The highest BCUT2D eigenvalue weighted by Crippen LogP contribution is 2.48. The summed E-state index contributed by atoms with van der Waals surface area (Å²) in [5.41, 5.74) is 2.61. The standard InChI is InChI=1S/C22H19FN4O2S/c1-22-5-4-11(8-17(22)24-6-7-25-22)13-10-16-14(9-15(13)23)19(28)18-20(29)26-30-21(18)27(16)12-2-3-12/h4,6-10,12,18,21H,2-3,5H2,1H3,(H,26,29). The Balaban J connectivity index is 1.47. The first-order valence-electron chi connectivity index (χ1n) is 10.1. The maximum atomic E-state index is 15.2. The van der Waals surface area contributed by atoms with E-state index < -0.39 is 17.3 Å². The number of ketones is 1. The summed E-state index contributed by atoms with van der Waals surface area (Å²) in [5, 5.41) is -0.275. The molecular formula is C22H19FN4O2S. The Morgan fingerprint density at radius 1 is 1.23 bits per heavy atom. The molecule has 3 atom stereocenters. The van der Waals surface area contributed by atoms with E-state index in [4.69, 9.17) is 0 Å². The van der Waals surface area contributed by atoms with Crippen molar-refractivity contribution in [1.82, 2.24) is 4.72 Å². The molecule has 3 heterocycles. The first-order valence-corrected chi connectivity index (χ1v) is 11.0. The lowest BCUT2D eigenvalue weighted by atomic mass is 9.83. The Kier molecular flexibility index (Phi) is 3.69. The number of nitrogens with one attached hydrogen (secondary N) is 1. The molecule has 1 aromatic rings. The average Bonchev–Trinajstić information content (AvgIpc) is 3.49. The number of hydrogen-bond donors (Lipinski definition) is 1. The van der Waals surface area contributed by atoms with E-state index in [9.17, 15) is 9.59 Å². The molecule has 8 heteroatoms. The Morgan fingerprint density at radius 3 is 2.87 bits per heavy atom. The van der Waals surface area contributed by atoms with Gasteiger partial charge in [0.05, 0.1) is 5.70 Å². The fourth-order valence-electron chi connectivity index (χ4n) is 4.67. The van der Waals surface area contributed by atoms with Crippen LogP contribution in [-0.2, 0) is 4.79 Å². The summed E-state index contributed by atoms with van der Waals surface area (Å²) < 4.78 is 18.0. The predicted octanol–water partition coefficient (Wildman–Crippen LogP) is 3.30. The van der Waals surface area contributed by atoms with Crippen LogP contribution in [0.4, 0.5) is 10.1 Å². The van der Waals surface area contributed by atoms with Crippen LogP contribution in [0, 0.1) is 11.7 Å². The lowest BCUT2D eigenvalue weighted by Crippen LogP contribution is -2.47. The zero-order valence-electron chi connectivity index (χ0n) is 16.3. The third-order valence-corrected chi connectivity index (χ3v) is 7.55. The van der Waals surface area contributed by atoms with Gasteiger partial charge in [-0.05, 0) is 61.9 Å². The van der Waals surface area contributed by atoms with Gasteiger partial charge in [-0.25, -0.2) is 4.39 Å². The number of anilines is 1. The smallest absolute Gasteiger partial charge is 0.243 e. The molecule has 6 rings (SSSR count). The van der Waals surface area contributed by atoms with Gasteiger partial charge >= 0.3 is 0 Å². The highest BCUT2D eigenvalue weighted by molar-refractivity contribution is 7.99. The Hall–Kier alpha value is -2.74. The number of hydrogen-bond acceptors (Lipinski definition) is 6. The molecule has 0 bridgehead atoms. The molecule has 1 amide bonds. The van der Waals surface area contributed by atoms with Gasteiger partial charge < -0.3 is 4.90 Å². The van der Waals surface area contributed by atoms with Crippen molar-refractivity contribution >= 4 is 47.3 Å². The van der Waals surface area contributed by atoms with E-state index in [0.29, 0.717) is 17.5 Å². The van der Waals surface area contributed by atoms with E-state index in [1.165, 1.54) is 18.0 Å². The van der Waals surface area contributed by atoms with Crippen molar-refractivity contribution in [3.63, 3.8) is 0 Å². The second kappa shape index (κ2) is 6.14. The lowest BCUT2D eigenvalue weighted by molar-refractivity contribution is -0.120. The first kappa shape index (κ1) is 18.1. The van der Waals surface area contributed by atoms with E-state index in [0.717, 1.165) is 29.8 Å². The van der Waals surface area contributed by atoms with Crippen molar-refractivity contribution in [3.05, 3.63) is 46.9 Å². The number of carbonyl (C=O) groups excluding carboxylic acids is 2. The van der Waals surface area contributed by atoms with Crippen LogP contribution in [0.15, 0.2) is 40.0 Å². The number of Topliss-reactive ketones (excluding diaryl/α,β-unsaturated/α-hetero) is 1. The number of allylic oxidation sites excluding steroid dienone is 2. The van der Waals surface area contributed by atoms with Gasteiger partial charge in [0.15, 0.2) is 5.78 Å². The van der Waals surface area contributed by atoms with Gasteiger partial charge in [-0.1, -0.05) is 6.08 Å². The summed E-state index contributed by atoms with van der Waals surface area (Å²) in [7, 11) is 0. The van der Waals surface area contributed by atoms with Crippen LogP contribution in [0.3, 0.4) is 0 Å². The zero-order valence-corrected chi connectivity index (χ0v) is 17.1. The average molecular weight is 422 g/mol. The topological polar surface area (TPSA) is 74.1 Å². The number of carbonyl (C=O) groups is 2. The Labute approximate surface area is 177 Å². The second-order valence-electron chi connectivity index (χ2n) is 8.53. The molecule has 6 nitrogen and oxygen atoms in total. The van der Waals surface area contributed by atoms with Gasteiger partial charge in [0.2, 0.25) is 5.91 Å². The number of rotatable bonds is 2. The molecule has 1 saturated carbocycles. The summed E-state index contributed by atoms with van der Waals surface area (Å²) in [6.45, 7) is 2.01. The molecule has 0 spiro atoms. The van der Waals surface area contributed by atoms with Crippen molar-refractivity contribution in [1.29, 1.82) is 0 Å². The molecule has 2 aliphatic carbocycles. The van der Waals surface area contributed by atoms with Gasteiger partial charge in [-0.2, -0.15) is 0 Å². The summed E-state index contributed by atoms with van der Waals surface area (Å²) in [5.74, 6) is -1.82. The van der Waals surface area contributed by atoms with Gasteiger partial charge in [0.25, 0.3) is 0 Å².